The van der Waals surface area contributed by atoms with Gasteiger partial charge in [-0.05, 0) is 64.2 Å². The Kier molecular flexibility index (Phi) is 4.79. The van der Waals surface area contributed by atoms with E-state index in [1.807, 2.05) is 13.8 Å². The largest absolute Gasteiger partial charge is 0.481 e. The minimum atomic E-state index is -0.833. The molecule has 5 nitrogen and oxygen atoms in total. The molecular formula is C16H28N2O3. The average Bonchev–Trinajstić information content (AvgIpc) is 2.97. The van der Waals surface area contributed by atoms with Crippen molar-refractivity contribution >= 4 is 12.0 Å². The van der Waals surface area contributed by atoms with Crippen LogP contribution in [0.15, 0.2) is 0 Å². The number of carbonyl (C=O) groups excluding carboxylic acids is 1. The molecule has 2 amide bonds. The topological polar surface area (TPSA) is 78.4 Å². The van der Waals surface area contributed by atoms with Crippen molar-refractivity contribution in [3.05, 3.63) is 0 Å². The first-order valence-corrected chi connectivity index (χ1v) is 8.07. The van der Waals surface area contributed by atoms with Gasteiger partial charge in [-0.15, -0.1) is 0 Å². The van der Waals surface area contributed by atoms with Crippen LogP contribution in [0.1, 0.15) is 59.3 Å². The number of rotatable bonds is 6. The number of fused-ring (bicyclic) bond motifs is 2. The maximum absolute atomic E-state index is 12.1. The molecule has 2 aliphatic rings. The molecular weight excluding hydrogens is 268 g/mol. The Bertz CT molecular complexity index is 408. The molecule has 0 aliphatic heterocycles. The van der Waals surface area contributed by atoms with Crippen molar-refractivity contribution < 1.29 is 14.7 Å². The second-order valence-electron chi connectivity index (χ2n) is 7.50. The second kappa shape index (κ2) is 6.24. The number of hydrogen-bond donors (Lipinski definition) is 3. The van der Waals surface area contributed by atoms with Crippen LogP contribution in [0.3, 0.4) is 0 Å². The highest BCUT2D eigenvalue weighted by molar-refractivity contribution is 5.75. The Morgan fingerprint density at radius 2 is 2.00 bits per heavy atom. The smallest absolute Gasteiger partial charge is 0.315 e. The third-order valence-corrected chi connectivity index (χ3v) is 5.21. The summed E-state index contributed by atoms with van der Waals surface area (Å²) in [5.74, 6) is 1.43. The molecule has 4 atom stereocenters. The number of nitrogens with one attached hydrogen (secondary N) is 2. The van der Waals surface area contributed by atoms with E-state index >= 15 is 0 Å². The summed E-state index contributed by atoms with van der Waals surface area (Å²) >= 11 is 0. The van der Waals surface area contributed by atoms with Crippen LogP contribution in [0.25, 0.3) is 0 Å². The van der Waals surface area contributed by atoms with Crippen molar-refractivity contribution in [1.29, 1.82) is 0 Å². The number of amides is 2. The zero-order valence-corrected chi connectivity index (χ0v) is 13.3. The van der Waals surface area contributed by atoms with Crippen molar-refractivity contribution in [1.82, 2.24) is 10.6 Å². The highest BCUT2D eigenvalue weighted by atomic mass is 16.4. The summed E-state index contributed by atoms with van der Waals surface area (Å²) in [6, 6.07) is 0.0104. The highest BCUT2D eigenvalue weighted by Crippen LogP contribution is 2.49. The molecule has 4 unspecified atom stereocenters. The van der Waals surface area contributed by atoms with E-state index in [0.29, 0.717) is 12.3 Å². The van der Waals surface area contributed by atoms with Gasteiger partial charge >= 0.3 is 12.0 Å². The summed E-state index contributed by atoms with van der Waals surface area (Å²) in [5.41, 5.74) is -0.503. The van der Waals surface area contributed by atoms with E-state index in [-0.39, 0.29) is 18.5 Å². The lowest BCUT2D eigenvalue weighted by Crippen LogP contribution is -2.52. The molecule has 0 spiro atoms. The summed E-state index contributed by atoms with van der Waals surface area (Å²) in [4.78, 5) is 22.7. The summed E-state index contributed by atoms with van der Waals surface area (Å²) < 4.78 is 0. The van der Waals surface area contributed by atoms with Crippen LogP contribution in [0.4, 0.5) is 4.79 Å². The van der Waals surface area contributed by atoms with E-state index in [1.165, 1.54) is 25.7 Å². The van der Waals surface area contributed by atoms with Crippen LogP contribution in [0, 0.1) is 17.8 Å². The van der Waals surface area contributed by atoms with Gasteiger partial charge in [-0.2, -0.15) is 0 Å². The van der Waals surface area contributed by atoms with Gasteiger partial charge in [0.2, 0.25) is 0 Å². The Balaban J connectivity index is 1.77. The third-order valence-electron chi connectivity index (χ3n) is 5.21. The van der Waals surface area contributed by atoms with Gasteiger partial charge < -0.3 is 15.7 Å². The quantitative estimate of drug-likeness (QED) is 0.705. The summed E-state index contributed by atoms with van der Waals surface area (Å²) in [6.45, 7) is 5.81. The zero-order valence-electron chi connectivity index (χ0n) is 13.3. The van der Waals surface area contributed by atoms with Crippen LogP contribution in [-0.4, -0.2) is 28.7 Å². The Hall–Kier alpha value is -1.26. The van der Waals surface area contributed by atoms with Gasteiger partial charge in [0.1, 0.15) is 0 Å². The van der Waals surface area contributed by atoms with Crippen LogP contribution in [0.5, 0.6) is 0 Å². The van der Waals surface area contributed by atoms with Crippen molar-refractivity contribution in [3.63, 3.8) is 0 Å². The standard InChI is InChI=1S/C16H28N2O3/c1-10(13-9-11-4-5-12(13)8-11)17-15(21)18-16(2,3)7-6-14(19)20/h10-13H,4-9H2,1-3H3,(H,19,20)(H2,17,18,21). The van der Waals surface area contributed by atoms with Gasteiger partial charge in [-0.3, -0.25) is 4.79 Å². The minimum Gasteiger partial charge on any atom is -0.481 e. The number of aliphatic carboxylic acids is 1. The summed E-state index contributed by atoms with van der Waals surface area (Å²) in [5, 5.41) is 14.7. The van der Waals surface area contributed by atoms with Gasteiger partial charge in [0.25, 0.3) is 0 Å². The average molecular weight is 296 g/mol. The molecule has 0 aromatic carbocycles. The maximum atomic E-state index is 12.1. The third kappa shape index (κ3) is 4.35. The van der Waals surface area contributed by atoms with E-state index < -0.39 is 11.5 Å². The molecule has 2 aliphatic carbocycles. The van der Waals surface area contributed by atoms with Crippen LogP contribution >= 0.6 is 0 Å². The van der Waals surface area contributed by atoms with Crippen LogP contribution in [-0.2, 0) is 4.79 Å². The van der Waals surface area contributed by atoms with E-state index in [4.69, 9.17) is 5.11 Å². The predicted molar refractivity (Wildman–Crippen MR) is 81.0 cm³/mol. The van der Waals surface area contributed by atoms with Gasteiger partial charge in [0, 0.05) is 18.0 Å². The normalized spacial score (nSPS) is 29.2. The van der Waals surface area contributed by atoms with Crippen LogP contribution < -0.4 is 10.6 Å². The first-order chi connectivity index (χ1) is 9.77. The first kappa shape index (κ1) is 16.1. The number of carbonyl (C=O) groups is 2. The Labute approximate surface area is 126 Å². The molecule has 0 aromatic rings. The molecule has 120 valence electrons. The number of hydrogen-bond acceptors (Lipinski definition) is 2. The van der Waals surface area contributed by atoms with E-state index in [1.54, 1.807) is 0 Å². The van der Waals surface area contributed by atoms with Crippen molar-refractivity contribution in [2.45, 2.75) is 70.9 Å². The lowest BCUT2D eigenvalue weighted by molar-refractivity contribution is -0.137. The lowest BCUT2D eigenvalue weighted by Gasteiger charge is -2.31. The van der Waals surface area contributed by atoms with Gasteiger partial charge in [0.15, 0.2) is 0 Å². The Morgan fingerprint density at radius 3 is 2.52 bits per heavy atom. The molecule has 2 rings (SSSR count). The Morgan fingerprint density at radius 1 is 1.29 bits per heavy atom. The van der Waals surface area contributed by atoms with Crippen molar-refractivity contribution in [2.75, 3.05) is 0 Å². The molecule has 3 N–H and O–H groups in total. The van der Waals surface area contributed by atoms with Gasteiger partial charge in [0.05, 0.1) is 0 Å². The zero-order chi connectivity index (χ0) is 15.6. The number of carboxylic acids is 1. The fourth-order valence-electron chi connectivity index (χ4n) is 4.05. The van der Waals surface area contributed by atoms with Gasteiger partial charge in [-0.25, -0.2) is 4.79 Å². The molecule has 2 fully saturated rings. The molecule has 0 aromatic heterocycles. The maximum Gasteiger partial charge on any atom is 0.315 e. The molecule has 2 saturated carbocycles. The molecule has 21 heavy (non-hydrogen) atoms. The minimum absolute atomic E-state index is 0.0647. The van der Waals surface area contributed by atoms with E-state index in [0.717, 1.165) is 11.8 Å². The summed E-state index contributed by atoms with van der Waals surface area (Å²) in [6.07, 6.45) is 5.75. The number of urea groups is 1. The van der Waals surface area contributed by atoms with Crippen molar-refractivity contribution in [2.24, 2.45) is 17.8 Å². The summed E-state index contributed by atoms with van der Waals surface area (Å²) in [7, 11) is 0. The molecule has 0 heterocycles. The monoisotopic (exact) mass is 296 g/mol. The second-order valence-corrected chi connectivity index (χ2v) is 7.50. The highest BCUT2D eigenvalue weighted by Gasteiger charge is 2.42. The van der Waals surface area contributed by atoms with Crippen molar-refractivity contribution in [3.8, 4) is 0 Å². The first-order valence-electron chi connectivity index (χ1n) is 8.07. The number of carboxylic acid groups (broad SMARTS) is 1. The fraction of sp³-hybridized carbons (Fsp3) is 0.875. The predicted octanol–water partition coefficient (Wildman–Crippen LogP) is 2.75. The molecule has 2 bridgehead atoms. The van der Waals surface area contributed by atoms with Crippen LogP contribution in [0.2, 0.25) is 0 Å². The molecule has 5 heteroatoms. The van der Waals surface area contributed by atoms with E-state index in [2.05, 4.69) is 17.6 Å². The SMILES string of the molecule is CC(NC(=O)NC(C)(C)CCC(=O)O)C1CC2CCC1C2. The molecule has 0 radical (unpaired) electrons. The van der Waals surface area contributed by atoms with Gasteiger partial charge in [-0.1, -0.05) is 6.42 Å². The van der Waals surface area contributed by atoms with E-state index in [9.17, 15) is 9.59 Å². The fourth-order valence-corrected chi connectivity index (χ4v) is 4.05. The lowest BCUT2D eigenvalue weighted by atomic mass is 9.84. The molecule has 0 saturated heterocycles.